The average Bonchev–Trinajstić information content (AvgIpc) is 2.70. The fourth-order valence-corrected chi connectivity index (χ4v) is 1.74. The molecule has 18 heavy (non-hydrogen) atoms. The number of aliphatic carboxylic acids is 1. The standard InChI is InChI=1S/C12H14N4O2/c1-2-5-15(9-11(17)18)7-10-8-16-6-3-4-13-12(16)14-10/h2-4,6,8H,1,5,7,9H2,(H,17,18). The third kappa shape index (κ3) is 2.92. The van der Waals surface area contributed by atoms with Crippen molar-refractivity contribution in [2.24, 2.45) is 0 Å². The topological polar surface area (TPSA) is 70.7 Å². The first-order valence-corrected chi connectivity index (χ1v) is 5.52. The van der Waals surface area contributed by atoms with Crippen LogP contribution in [0.25, 0.3) is 5.78 Å². The van der Waals surface area contributed by atoms with E-state index in [1.165, 1.54) is 0 Å². The molecule has 0 spiro atoms. The fourth-order valence-electron chi connectivity index (χ4n) is 1.74. The molecule has 1 N–H and O–H groups in total. The molecule has 94 valence electrons. The van der Waals surface area contributed by atoms with Crippen LogP contribution in [0.3, 0.4) is 0 Å². The third-order valence-corrected chi connectivity index (χ3v) is 2.42. The van der Waals surface area contributed by atoms with E-state index < -0.39 is 5.97 Å². The van der Waals surface area contributed by atoms with Crippen LogP contribution in [0.2, 0.25) is 0 Å². The molecule has 0 unspecified atom stereocenters. The molecular formula is C12H14N4O2. The highest BCUT2D eigenvalue weighted by Crippen LogP contribution is 2.05. The number of carboxylic acids is 1. The van der Waals surface area contributed by atoms with Crippen LogP contribution in [-0.4, -0.2) is 43.4 Å². The Morgan fingerprint density at radius 3 is 3.11 bits per heavy atom. The van der Waals surface area contributed by atoms with Crippen LogP contribution in [0.4, 0.5) is 0 Å². The second-order valence-electron chi connectivity index (χ2n) is 3.91. The molecule has 6 nitrogen and oxygen atoms in total. The Morgan fingerprint density at radius 1 is 1.61 bits per heavy atom. The van der Waals surface area contributed by atoms with Crippen LogP contribution in [0.1, 0.15) is 5.69 Å². The minimum atomic E-state index is -0.862. The van der Waals surface area contributed by atoms with Gasteiger partial charge in [0.2, 0.25) is 5.78 Å². The Balaban J connectivity index is 2.14. The maximum atomic E-state index is 10.7. The van der Waals surface area contributed by atoms with Gasteiger partial charge in [-0.1, -0.05) is 6.08 Å². The zero-order valence-corrected chi connectivity index (χ0v) is 9.86. The molecule has 6 heteroatoms. The lowest BCUT2D eigenvalue weighted by Gasteiger charge is -2.16. The molecule has 0 atom stereocenters. The SMILES string of the molecule is C=CCN(CC(=O)O)Cc1cn2cccnc2n1. The minimum absolute atomic E-state index is 0.0344. The normalized spacial score (nSPS) is 10.9. The summed E-state index contributed by atoms with van der Waals surface area (Å²) in [6.07, 6.45) is 7.05. The van der Waals surface area contributed by atoms with Crippen LogP contribution in [0, 0.1) is 0 Å². The highest BCUT2D eigenvalue weighted by atomic mass is 16.4. The second-order valence-corrected chi connectivity index (χ2v) is 3.91. The van der Waals surface area contributed by atoms with Crippen LogP contribution in [-0.2, 0) is 11.3 Å². The molecule has 0 aliphatic heterocycles. The van der Waals surface area contributed by atoms with E-state index in [9.17, 15) is 4.79 Å². The van der Waals surface area contributed by atoms with E-state index >= 15 is 0 Å². The summed E-state index contributed by atoms with van der Waals surface area (Å²) in [4.78, 5) is 20.9. The van der Waals surface area contributed by atoms with Crippen LogP contribution >= 0.6 is 0 Å². The van der Waals surface area contributed by atoms with Gasteiger partial charge in [0, 0.05) is 31.7 Å². The molecule has 0 saturated heterocycles. The molecule has 0 aliphatic carbocycles. The highest BCUT2D eigenvalue weighted by Gasteiger charge is 2.11. The van der Waals surface area contributed by atoms with E-state index in [1.54, 1.807) is 17.2 Å². The van der Waals surface area contributed by atoms with Gasteiger partial charge < -0.3 is 5.11 Å². The summed E-state index contributed by atoms with van der Waals surface area (Å²) >= 11 is 0. The third-order valence-electron chi connectivity index (χ3n) is 2.42. The van der Waals surface area contributed by atoms with Gasteiger partial charge in [-0.25, -0.2) is 9.97 Å². The Morgan fingerprint density at radius 2 is 2.44 bits per heavy atom. The summed E-state index contributed by atoms with van der Waals surface area (Å²) in [7, 11) is 0. The lowest BCUT2D eigenvalue weighted by Crippen LogP contribution is -2.29. The number of nitrogens with zero attached hydrogens (tertiary/aromatic N) is 4. The predicted octanol–water partition coefficient (Wildman–Crippen LogP) is 0.802. The minimum Gasteiger partial charge on any atom is -0.480 e. The largest absolute Gasteiger partial charge is 0.480 e. The zero-order valence-electron chi connectivity index (χ0n) is 9.86. The molecule has 2 rings (SSSR count). The van der Waals surface area contributed by atoms with Crippen molar-refractivity contribution < 1.29 is 9.90 Å². The van der Waals surface area contributed by atoms with E-state index in [4.69, 9.17) is 5.11 Å². The van der Waals surface area contributed by atoms with Gasteiger partial charge in [-0.2, -0.15) is 0 Å². The Labute approximate surface area is 104 Å². The van der Waals surface area contributed by atoms with Gasteiger partial charge in [-0.05, 0) is 6.07 Å². The number of carbonyl (C=O) groups is 1. The summed E-state index contributed by atoms with van der Waals surface area (Å²) in [5.41, 5.74) is 0.789. The lowest BCUT2D eigenvalue weighted by molar-refractivity contribution is -0.138. The van der Waals surface area contributed by atoms with E-state index in [-0.39, 0.29) is 6.54 Å². The van der Waals surface area contributed by atoms with Crippen molar-refractivity contribution >= 4 is 11.7 Å². The highest BCUT2D eigenvalue weighted by molar-refractivity contribution is 5.69. The van der Waals surface area contributed by atoms with E-state index in [0.29, 0.717) is 18.9 Å². The van der Waals surface area contributed by atoms with E-state index in [1.807, 2.05) is 22.9 Å². The summed E-state index contributed by atoms with van der Waals surface area (Å²) < 4.78 is 1.81. The van der Waals surface area contributed by atoms with Crippen LogP contribution < -0.4 is 0 Å². The number of rotatable bonds is 6. The number of imidazole rings is 1. The van der Waals surface area contributed by atoms with Crippen molar-refractivity contribution in [2.75, 3.05) is 13.1 Å². The number of hydrogen-bond donors (Lipinski definition) is 1. The Hall–Kier alpha value is -2.21. The van der Waals surface area contributed by atoms with Gasteiger partial charge in [-0.3, -0.25) is 14.1 Å². The molecule has 0 bridgehead atoms. The van der Waals surface area contributed by atoms with Crippen molar-refractivity contribution in [1.82, 2.24) is 19.3 Å². The zero-order chi connectivity index (χ0) is 13.0. The van der Waals surface area contributed by atoms with Crippen molar-refractivity contribution in [3.05, 3.63) is 43.0 Å². The monoisotopic (exact) mass is 246 g/mol. The second kappa shape index (κ2) is 5.42. The van der Waals surface area contributed by atoms with Gasteiger partial charge in [0.25, 0.3) is 0 Å². The fraction of sp³-hybridized carbons (Fsp3) is 0.250. The van der Waals surface area contributed by atoms with E-state index in [0.717, 1.165) is 5.69 Å². The first-order valence-electron chi connectivity index (χ1n) is 5.52. The number of fused-ring (bicyclic) bond motifs is 1. The first kappa shape index (κ1) is 12.3. The van der Waals surface area contributed by atoms with Gasteiger partial charge in [0.15, 0.2) is 0 Å². The summed E-state index contributed by atoms with van der Waals surface area (Å²) in [6, 6.07) is 1.82. The molecule has 0 aliphatic rings. The Bertz CT molecular complexity index is 531. The molecule has 0 radical (unpaired) electrons. The van der Waals surface area contributed by atoms with Crippen LogP contribution in [0.15, 0.2) is 37.3 Å². The molecule has 0 saturated carbocycles. The van der Waals surface area contributed by atoms with Crippen LogP contribution in [0.5, 0.6) is 0 Å². The quantitative estimate of drug-likeness (QED) is 0.763. The molecular weight excluding hydrogens is 232 g/mol. The number of carboxylic acid groups (broad SMARTS) is 1. The van der Waals surface area contributed by atoms with Gasteiger partial charge in [-0.15, -0.1) is 6.58 Å². The average molecular weight is 246 g/mol. The summed E-state index contributed by atoms with van der Waals surface area (Å²) in [6.45, 7) is 4.55. The molecule has 2 aromatic heterocycles. The van der Waals surface area contributed by atoms with Crippen molar-refractivity contribution in [3.8, 4) is 0 Å². The molecule has 0 amide bonds. The van der Waals surface area contributed by atoms with Gasteiger partial charge >= 0.3 is 5.97 Å². The Kier molecular flexibility index (Phi) is 3.69. The summed E-state index contributed by atoms with van der Waals surface area (Å²) in [5.74, 6) is -0.250. The van der Waals surface area contributed by atoms with Gasteiger partial charge in [0.1, 0.15) is 0 Å². The maximum Gasteiger partial charge on any atom is 0.317 e. The van der Waals surface area contributed by atoms with Crippen molar-refractivity contribution in [2.45, 2.75) is 6.54 Å². The maximum absolute atomic E-state index is 10.7. The van der Waals surface area contributed by atoms with Crippen molar-refractivity contribution in [3.63, 3.8) is 0 Å². The summed E-state index contributed by atoms with van der Waals surface area (Å²) in [5, 5.41) is 8.81. The molecule has 0 fully saturated rings. The number of hydrogen-bond acceptors (Lipinski definition) is 4. The lowest BCUT2D eigenvalue weighted by atomic mass is 10.4. The predicted molar refractivity (Wildman–Crippen MR) is 66.1 cm³/mol. The van der Waals surface area contributed by atoms with Gasteiger partial charge in [0.05, 0.1) is 12.2 Å². The van der Waals surface area contributed by atoms with E-state index in [2.05, 4.69) is 16.5 Å². The number of aromatic nitrogens is 3. The van der Waals surface area contributed by atoms with Crippen molar-refractivity contribution in [1.29, 1.82) is 0 Å². The first-order chi connectivity index (χ1) is 8.69. The molecule has 0 aromatic carbocycles. The smallest absolute Gasteiger partial charge is 0.317 e. The molecule has 2 heterocycles. The molecule has 2 aromatic rings.